The van der Waals surface area contributed by atoms with Crippen LogP contribution in [0.2, 0.25) is 0 Å². The van der Waals surface area contributed by atoms with E-state index in [1.165, 1.54) is 0 Å². The minimum Gasteiger partial charge on any atom is -0.319 e. The number of rotatable bonds is 3. The lowest BCUT2D eigenvalue weighted by atomic mass is 9.96. The largest absolute Gasteiger partial charge is 0.319 e. The van der Waals surface area contributed by atoms with E-state index in [0.717, 1.165) is 28.8 Å². The van der Waals surface area contributed by atoms with Gasteiger partial charge in [-0.3, -0.25) is 0 Å². The van der Waals surface area contributed by atoms with Crippen LogP contribution in [0, 0.1) is 0 Å². The first-order valence-electron chi connectivity index (χ1n) is 5.38. The predicted molar refractivity (Wildman–Crippen MR) is 65.0 cm³/mol. The van der Waals surface area contributed by atoms with Crippen LogP contribution in [0.3, 0.4) is 0 Å². The number of hydrogen-bond donors (Lipinski definition) is 1. The maximum absolute atomic E-state index is 4.55. The zero-order chi connectivity index (χ0) is 11.8. The van der Waals surface area contributed by atoms with Gasteiger partial charge in [-0.25, -0.2) is 0 Å². The van der Waals surface area contributed by atoms with Crippen LogP contribution >= 0.6 is 11.3 Å². The van der Waals surface area contributed by atoms with Gasteiger partial charge in [-0.1, -0.05) is 32.1 Å². The van der Waals surface area contributed by atoms with Gasteiger partial charge in [0.15, 0.2) is 5.82 Å². The molecule has 0 aliphatic heterocycles. The summed E-state index contributed by atoms with van der Waals surface area (Å²) in [6, 6.07) is 0. The summed E-state index contributed by atoms with van der Waals surface area (Å²) in [4.78, 5) is 0.885. The van der Waals surface area contributed by atoms with Gasteiger partial charge in [0.2, 0.25) is 4.96 Å². The molecule has 2 heterocycles. The van der Waals surface area contributed by atoms with Crippen molar-refractivity contribution < 1.29 is 0 Å². The fourth-order valence-corrected chi connectivity index (χ4v) is 2.29. The fraction of sp³-hybridized carbons (Fsp3) is 0.700. The van der Waals surface area contributed by atoms with Crippen LogP contribution in [0.1, 0.15) is 31.6 Å². The number of aromatic nitrogens is 4. The van der Waals surface area contributed by atoms with Crippen molar-refractivity contribution in [3.63, 3.8) is 0 Å². The lowest BCUT2D eigenvalue weighted by Crippen LogP contribution is -2.17. The average Bonchev–Trinajstić information content (AvgIpc) is 2.70. The lowest BCUT2D eigenvalue weighted by Gasteiger charge is -2.13. The van der Waals surface area contributed by atoms with Crippen LogP contribution in [-0.2, 0) is 11.8 Å². The Balaban J connectivity index is 2.36. The monoisotopic (exact) mass is 239 g/mol. The molecule has 0 amide bonds. The van der Waals surface area contributed by atoms with Gasteiger partial charge in [0.25, 0.3) is 0 Å². The van der Waals surface area contributed by atoms with Crippen molar-refractivity contribution in [2.75, 3.05) is 13.6 Å². The zero-order valence-corrected chi connectivity index (χ0v) is 10.9. The SMILES string of the molecule is CNCCc1nn2c(C(C)(C)C)nnc2s1. The molecular formula is C10H17N5S. The Morgan fingerprint density at radius 1 is 1.31 bits per heavy atom. The van der Waals surface area contributed by atoms with Crippen molar-refractivity contribution in [1.82, 2.24) is 25.1 Å². The smallest absolute Gasteiger partial charge is 0.234 e. The Labute approximate surface area is 98.9 Å². The van der Waals surface area contributed by atoms with Gasteiger partial charge in [-0.05, 0) is 7.05 Å². The summed E-state index contributed by atoms with van der Waals surface area (Å²) in [5.41, 5.74) is -0.0201. The molecule has 2 rings (SSSR count). The first kappa shape index (κ1) is 11.5. The van der Waals surface area contributed by atoms with Crippen LogP contribution in [0.5, 0.6) is 0 Å². The molecule has 16 heavy (non-hydrogen) atoms. The van der Waals surface area contributed by atoms with E-state index >= 15 is 0 Å². The summed E-state index contributed by atoms with van der Waals surface area (Å²) in [7, 11) is 1.95. The summed E-state index contributed by atoms with van der Waals surface area (Å²) < 4.78 is 1.87. The van der Waals surface area contributed by atoms with Crippen molar-refractivity contribution in [2.24, 2.45) is 0 Å². The summed E-state index contributed by atoms with van der Waals surface area (Å²) in [5.74, 6) is 0.925. The molecule has 2 aromatic heterocycles. The van der Waals surface area contributed by atoms with E-state index in [4.69, 9.17) is 0 Å². The molecule has 0 fully saturated rings. The normalized spacial score (nSPS) is 12.5. The maximum atomic E-state index is 4.55. The van der Waals surface area contributed by atoms with Gasteiger partial charge < -0.3 is 5.32 Å². The molecule has 0 bridgehead atoms. The molecule has 0 aliphatic carbocycles. The topological polar surface area (TPSA) is 55.1 Å². The Morgan fingerprint density at radius 3 is 2.69 bits per heavy atom. The summed E-state index contributed by atoms with van der Waals surface area (Å²) in [5, 5.41) is 17.1. The highest BCUT2D eigenvalue weighted by atomic mass is 32.1. The fourth-order valence-electron chi connectivity index (χ4n) is 1.46. The molecule has 2 aromatic rings. The van der Waals surface area contributed by atoms with Gasteiger partial charge in [0, 0.05) is 18.4 Å². The molecule has 88 valence electrons. The number of likely N-dealkylation sites (N-methyl/N-ethyl adjacent to an activating group) is 1. The second kappa shape index (κ2) is 4.10. The van der Waals surface area contributed by atoms with Crippen molar-refractivity contribution in [3.05, 3.63) is 10.8 Å². The summed E-state index contributed by atoms with van der Waals surface area (Å²) >= 11 is 1.61. The standard InChI is InChI=1S/C10H17N5S/c1-10(2,3)8-12-13-9-15(8)14-7(16-9)5-6-11-4/h11H,5-6H2,1-4H3. The third-order valence-corrected chi connectivity index (χ3v) is 3.25. The predicted octanol–water partition coefficient (Wildman–Crippen LogP) is 1.25. The number of fused-ring (bicyclic) bond motifs is 1. The highest BCUT2D eigenvalue weighted by molar-refractivity contribution is 7.16. The van der Waals surface area contributed by atoms with Gasteiger partial charge >= 0.3 is 0 Å². The van der Waals surface area contributed by atoms with E-state index in [1.807, 2.05) is 11.6 Å². The third-order valence-electron chi connectivity index (χ3n) is 2.29. The van der Waals surface area contributed by atoms with Crippen LogP contribution in [0.4, 0.5) is 0 Å². The molecule has 0 radical (unpaired) electrons. The quantitative estimate of drug-likeness (QED) is 0.875. The number of hydrogen-bond acceptors (Lipinski definition) is 5. The highest BCUT2D eigenvalue weighted by Gasteiger charge is 2.23. The molecule has 5 nitrogen and oxygen atoms in total. The Hall–Kier alpha value is -1.01. The van der Waals surface area contributed by atoms with Crippen molar-refractivity contribution in [1.29, 1.82) is 0 Å². The second-order valence-electron chi connectivity index (χ2n) is 4.82. The second-order valence-corrected chi connectivity index (χ2v) is 5.86. The van der Waals surface area contributed by atoms with E-state index in [9.17, 15) is 0 Å². The van der Waals surface area contributed by atoms with Crippen LogP contribution < -0.4 is 5.32 Å². The molecule has 0 saturated carbocycles. The van der Waals surface area contributed by atoms with E-state index in [-0.39, 0.29) is 5.41 Å². The first-order chi connectivity index (χ1) is 7.52. The molecule has 0 saturated heterocycles. The minimum absolute atomic E-state index is 0.0201. The molecule has 0 aliphatic rings. The van der Waals surface area contributed by atoms with Crippen LogP contribution in [0.15, 0.2) is 0 Å². The van der Waals surface area contributed by atoms with E-state index in [0.29, 0.717) is 0 Å². The van der Waals surface area contributed by atoms with Gasteiger partial charge in [0.1, 0.15) is 5.01 Å². The van der Waals surface area contributed by atoms with E-state index in [2.05, 4.69) is 41.4 Å². The molecular weight excluding hydrogens is 222 g/mol. The minimum atomic E-state index is -0.0201. The van der Waals surface area contributed by atoms with E-state index in [1.54, 1.807) is 11.3 Å². The van der Waals surface area contributed by atoms with Crippen LogP contribution in [0.25, 0.3) is 4.96 Å². The Morgan fingerprint density at radius 2 is 2.06 bits per heavy atom. The van der Waals surface area contributed by atoms with Gasteiger partial charge in [-0.2, -0.15) is 9.61 Å². The van der Waals surface area contributed by atoms with Crippen molar-refractivity contribution in [2.45, 2.75) is 32.6 Å². The van der Waals surface area contributed by atoms with E-state index < -0.39 is 0 Å². The lowest BCUT2D eigenvalue weighted by molar-refractivity contribution is 0.526. The third kappa shape index (κ3) is 2.08. The van der Waals surface area contributed by atoms with Crippen LogP contribution in [-0.4, -0.2) is 33.4 Å². The van der Waals surface area contributed by atoms with Gasteiger partial charge in [-0.15, -0.1) is 10.2 Å². The maximum Gasteiger partial charge on any atom is 0.234 e. The first-order valence-corrected chi connectivity index (χ1v) is 6.20. The molecule has 1 N–H and O–H groups in total. The molecule has 0 aromatic carbocycles. The number of nitrogens with one attached hydrogen (secondary N) is 1. The van der Waals surface area contributed by atoms with Crippen molar-refractivity contribution in [3.8, 4) is 0 Å². The molecule has 6 heteroatoms. The number of nitrogens with zero attached hydrogens (tertiary/aromatic N) is 4. The summed E-state index contributed by atoms with van der Waals surface area (Å²) in [6.45, 7) is 7.30. The Kier molecular flexibility index (Phi) is 2.94. The molecule has 0 unspecified atom stereocenters. The van der Waals surface area contributed by atoms with Crippen molar-refractivity contribution >= 4 is 16.3 Å². The highest BCUT2D eigenvalue weighted by Crippen LogP contribution is 2.23. The molecule has 0 spiro atoms. The average molecular weight is 239 g/mol. The van der Waals surface area contributed by atoms with Gasteiger partial charge in [0.05, 0.1) is 0 Å². The Bertz CT molecular complexity index is 479. The zero-order valence-electron chi connectivity index (χ0n) is 10.1. The molecule has 0 atom stereocenters. The summed E-state index contributed by atoms with van der Waals surface area (Å²) in [6.07, 6.45) is 0.939.